The van der Waals surface area contributed by atoms with Crippen molar-refractivity contribution in [2.45, 2.75) is 18.9 Å². The van der Waals surface area contributed by atoms with Crippen LogP contribution in [0.3, 0.4) is 0 Å². The predicted molar refractivity (Wildman–Crippen MR) is 68.3 cm³/mol. The molecule has 96 valence electrons. The maximum atomic E-state index is 12.4. The Bertz CT molecular complexity index is 563. The Morgan fingerprint density at radius 1 is 1.56 bits per heavy atom. The van der Waals surface area contributed by atoms with Gasteiger partial charge in [-0.3, -0.25) is 0 Å². The number of halogens is 1. The van der Waals surface area contributed by atoms with Crippen molar-refractivity contribution in [2.24, 2.45) is 0 Å². The summed E-state index contributed by atoms with van der Waals surface area (Å²) in [4.78, 5) is 0. The van der Waals surface area contributed by atoms with Crippen molar-refractivity contribution < 1.29 is 13.4 Å². The molecule has 0 amide bonds. The zero-order valence-electron chi connectivity index (χ0n) is 9.93. The van der Waals surface area contributed by atoms with E-state index in [1.807, 2.05) is 18.2 Å². The zero-order chi connectivity index (χ0) is 12.6. The summed E-state index contributed by atoms with van der Waals surface area (Å²) in [6.45, 7) is 3.33. The quantitative estimate of drug-likeness (QED) is 0.854. The summed E-state index contributed by atoms with van der Waals surface area (Å²) in [5.41, 5.74) is 0.557. The fourth-order valence-corrected chi connectivity index (χ4v) is 2.27. The normalized spacial score (nSPS) is 17.7. The van der Waals surface area contributed by atoms with Gasteiger partial charge in [-0.25, -0.2) is 0 Å². The maximum absolute atomic E-state index is 12.4. The molecule has 2 heterocycles. The molecule has 0 bridgehead atoms. The van der Waals surface area contributed by atoms with Crippen LogP contribution in [0.4, 0.5) is 3.89 Å². The third kappa shape index (κ3) is 1.95. The molecule has 1 aliphatic heterocycles. The van der Waals surface area contributed by atoms with E-state index in [0.29, 0.717) is 13.2 Å². The van der Waals surface area contributed by atoms with Gasteiger partial charge < -0.3 is 9.47 Å². The Morgan fingerprint density at radius 3 is 3.00 bits per heavy atom. The van der Waals surface area contributed by atoms with Crippen LogP contribution in [0.5, 0.6) is 5.75 Å². The fraction of sp³-hybridized carbons (Fsp3) is 0.417. The van der Waals surface area contributed by atoms with Crippen molar-refractivity contribution in [3.8, 4) is 5.75 Å². The van der Waals surface area contributed by atoms with E-state index in [0.717, 1.165) is 23.1 Å². The standard InChI is InChI=1S/C12H13FN2O2S/c1-2-12(7-16-8-12)17-10-3-4-11-9(5-10)6-15(14-11)18-13/h3-6H,2,7-8H2,1H3. The highest BCUT2D eigenvalue weighted by Crippen LogP contribution is 2.30. The Kier molecular flexibility index (Phi) is 2.91. The smallest absolute Gasteiger partial charge is 0.187 e. The predicted octanol–water partition coefficient (Wildman–Crippen LogP) is 2.97. The van der Waals surface area contributed by atoms with Crippen LogP contribution in [-0.2, 0) is 4.74 Å². The summed E-state index contributed by atoms with van der Waals surface area (Å²) < 4.78 is 24.8. The lowest BCUT2D eigenvalue weighted by Gasteiger charge is -2.40. The summed E-state index contributed by atoms with van der Waals surface area (Å²) in [6, 6.07) is 5.57. The largest absolute Gasteiger partial charge is 0.482 e. The lowest BCUT2D eigenvalue weighted by Crippen LogP contribution is -2.53. The lowest BCUT2D eigenvalue weighted by atomic mass is 9.98. The number of nitrogens with zero attached hydrogens (tertiary/aromatic N) is 2. The third-order valence-electron chi connectivity index (χ3n) is 3.23. The second-order valence-electron chi connectivity index (χ2n) is 4.45. The molecule has 18 heavy (non-hydrogen) atoms. The fourth-order valence-electron chi connectivity index (χ4n) is 1.99. The van der Waals surface area contributed by atoms with E-state index in [1.165, 1.54) is 4.09 Å². The first kappa shape index (κ1) is 11.8. The first-order valence-corrected chi connectivity index (χ1v) is 6.47. The Morgan fingerprint density at radius 2 is 2.39 bits per heavy atom. The van der Waals surface area contributed by atoms with E-state index in [2.05, 4.69) is 12.0 Å². The molecule has 0 spiro atoms. The van der Waals surface area contributed by atoms with Gasteiger partial charge in [-0.05, 0) is 24.6 Å². The van der Waals surface area contributed by atoms with E-state index in [4.69, 9.17) is 9.47 Å². The van der Waals surface area contributed by atoms with E-state index < -0.39 is 0 Å². The van der Waals surface area contributed by atoms with Crippen molar-refractivity contribution in [3.05, 3.63) is 24.4 Å². The molecular weight excluding hydrogens is 255 g/mol. The molecule has 1 fully saturated rings. The van der Waals surface area contributed by atoms with Crippen molar-refractivity contribution >= 4 is 23.2 Å². The summed E-state index contributed by atoms with van der Waals surface area (Å²) in [5, 5.41) is 4.91. The Balaban J connectivity index is 1.88. The highest BCUT2D eigenvalue weighted by Gasteiger charge is 2.39. The molecule has 6 heteroatoms. The van der Waals surface area contributed by atoms with Gasteiger partial charge in [-0.15, -0.1) is 3.89 Å². The summed E-state index contributed by atoms with van der Waals surface area (Å²) in [5.74, 6) is 0.774. The van der Waals surface area contributed by atoms with Gasteiger partial charge in [0, 0.05) is 11.6 Å². The van der Waals surface area contributed by atoms with Crippen LogP contribution in [0.1, 0.15) is 13.3 Å². The molecule has 3 rings (SSSR count). The van der Waals surface area contributed by atoms with Crippen LogP contribution >= 0.6 is 12.3 Å². The summed E-state index contributed by atoms with van der Waals surface area (Å²) in [7, 11) is 0. The molecule has 1 aromatic carbocycles. The molecule has 2 aromatic rings. The summed E-state index contributed by atoms with van der Waals surface area (Å²) >= 11 is 0.0785. The molecule has 1 aromatic heterocycles. The Labute approximate surface area is 108 Å². The minimum absolute atomic E-state index is 0.0785. The van der Waals surface area contributed by atoms with E-state index in [1.54, 1.807) is 6.20 Å². The van der Waals surface area contributed by atoms with Gasteiger partial charge in [0.05, 0.1) is 18.7 Å². The van der Waals surface area contributed by atoms with Crippen LogP contribution in [-0.4, -0.2) is 28.0 Å². The Hall–Kier alpha value is -1.27. The topological polar surface area (TPSA) is 36.3 Å². The number of fused-ring (bicyclic) bond motifs is 1. The van der Waals surface area contributed by atoms with Crippen molar-refractivity contribution in [3.63, 3.8) is 0 Å². The van der Waals surface area contributed by atoms with Crippen LogP contribution in [0, 0.1) is 0 Å². The average molecular weight is 268 g/mol. The molecular formula is C12H13FN2O2S. The zero-order valence-corrected chi connectivity index (χ0v) is 10.7. The molecule has 0 saturated carbocycles. The van der Waals surface area contributed by atoms with Gasteiger partial charge in [-0.2, -0.15) is 9.19 Å². The molecule has 0 aliphatic carbocycles. The molecule has 4 nitrogen and oxygen atoms in total. The second-order valence-corrected chi connectivity index (χ2v) is 4.96. The number of hydrogen-bond acceptors (Lipinski definition) is 4. The minimum Gasteiger partial charge on any atom is -0.482 e. The second kappa shape index (κ2) is 4.44. The molecule has 1 aliphatic rings. The van der Waals surface area contributed by atoms with E-state index in [-0.39, 0.29) is 17.9 Å². The number of rotatable bonds is 4. The van der Waals surface area contributed by atoms with Crippen LogP contribution < -0.4 is 4.74 Å². The summed E-state index contributed by atoms with van der Waals surface area (Å²) in [6.07, 6.45) is 2.55. The lowest BCUT2D eigenvalue weighted by molar-refractivity contribution is -0.162. The van der Waals surface area contributed by atoms with Crippen LogP contribution in [0.15, 0.2) is 24.4 Å². The van der Waals surface area contributed by atoms with Crippen molar-refractivity contribution in [2.75, 3.05) is 13.2 Å². The molecule has 0 N–H and O–H groups in total. The molecule has 0 atom stereocenters. The maximum Gasteiger partial charge on any atom is 0.187 e. The molecule has 0 radical (unpaired) electrons. The average Bonchev–Trinajstić information content (AvgIpc) is 2.76. The van der Waals surface area contributed by atoms with Gasteiger partial charge in [-0.1, -0.05) is 6.92 Å². The van der Waals surface area contributed by atoms with Crippen molar-refractivity contribution in [1.29, 1.82) is 0 Å². The SMILES string of the molecule is CCC1(Oc2ccc3nn(SF)cc3c2)COC1. The first-order chi connectivity index (χ1) is 8.74. The van der Waals surface area contributed by atoms with E-state index in [9.17, 15) is 3.89 Å². The third-order valence-corrected chi connectivity index (χ3v) is 3.56. The molecule has 0 unspecified atom stereocenters. The van der Waals surface area contributed by atoms with Crippen molar-refractivity contribution in [1.82, 2.24) is 9.19 Å². The highest BCUT2D eigenvalue weighted by molar-refractivity contribution is 7.92. The number of hydrogen-bond donors (Lipinski definition) is 0. The number of benzene rings is 1. The number of ether oxygens (including phenoxy) is 2. The van der Waals surface area contributed by atoms with Gasteiger partial charge in [0.1, 0.15) is 5.75 Å². The minimum atomic E-state index is -0.196. The van der Waals surface area contributed by atoms with Crippen LogP contribution in [0.2, 0.25) is 0 Å². The monoisotopic (exact) mass is 268 g/mol. The number of aromatic nitrogens is 2. The highest BCUT2D eigenvalue weighted by atomic mass is 32.2. The van der Waals surface area contributed by atoms with Gasteiger partial charge >= 0.3 is 0 Å². The van der Waals surface area contributed by atoms with Gasteiger partial charge in [0.2, 0.25) is 0 Å². The first-order valence-electron chi connectivity index (χ1n) is 5.80. The van der Waals surface area contributed by atoms with Gasteiger partial charge in [0.15, 0.2) is 17.9 Å². The van der Waals surface area contributed by atoms with Gasteiger partial charge in [0.25, 0.3) is 0 Å². The van der Waals surface area contributed by atoms with Crippen LogP contribution in [0.25, 0.3) is 10.9 Å². The van der Waals surface area contributed by atoms with E-state index >= 15 is 0 Å². The molecule has 1 saturated heterocycles.